The van der Waals surface area contributed by atoms with E-state index in [9.17, 15) is 10.1 Å². The van der Waals surface area contributed by atoms with E-state index in [2.05, 4.69) is 10.6 Å². The van der Waals surface area contributed by atoms with Crippen molar-refractivity contribution in [2.24, 2.45) is 0 Å². The molecule has 2 N–H and O–H groups in total. The standard InChI is InChI=1S/C13H21N3O3/c1-3-7-19-13-9-11(15-6-5-14-4-2)8-12(10-13)16(17)18/h8-10,14-15H,3-7H2,1-2H3. The topological polar surface area (TPSA) is 76.4 Å². The van der Waals surface area contributed by atoms with Crippen LogP contribution in [0, 0.1) is 10.1 Å². The summed E-state index contributed by atoms with van der Waals surface area (Å²) in [5.41, 5.74) is 0.748. The van der Waals surface area contributed by atoms with E-state index in [0.29, 0.717) is 24.6 Å². The van der Waals surface area contributed by atoms with Gasteiger partial charge in [0.2, 0.25) is 0 Å². The van der Waals surface area contributed by atoms with Crippen molar-refractivity contribution in [1.29, 1.82) is 0 Å². The predicted octanol–water partition coefficient (Wildman–Crippen LogP) is 2.41. The van der Waals surface area contributed by atoms with Gasteiger partial charge in [-0.1, -0.05) is 13.8 Å². The fourth-order valence-corrected chi connectivity index (χ4v) is 1.57. The molecule has 0 heterocycles. The number of ether oxygens (including phenoxy) is 1. The molecule has 0 aliphatic heterocycles. The monoisotopic (exact) mass is 267 g/mol. The van der Waals surface area contributed by atoms with E-state index in [1.54, 1.807) is 6.07 Å². The average molecular weight is 267 g/mol. The van der Waals surface area contributed by atoms with E-state index in [1.807, 2.05) is 13.8 Å². The maximum Gasteiger partial charge on any atom is 0.275 e. The molecule has 0 atom stereocenters. The number of non-ortho nitro benzene ring substituents is 1. The van der Waals surface area contributed by atoms with Gasteiger partial charge < -0.3 is 15.4 Å². The van der Waals surface area contributed by atoms with Crippen LogP contribution in [-0.2, 0) is 0 Å². The van der Waals surface area contributed by atoms with E-state index in [-0.39, 0.29) is 5.69 Å². The van der Waals surface area contributed by atoms with Gasteiger partial charge in [-0.25, -0.2) is 0 Å². The van der Waals surface area contributed by atoms with Crippen molar-refractivity contribution in [2.75, 3.05) is 31.6 Å². The molecule has 1 aromatic rings. The van der Waals surface area contributed by atoms with Gasteiger partial charge in [0.05, 0.1) is 17.6 Å². The van der Waals surface area contributed by atoms with E-state index in [4.69, 9.17) is 4.74 Å². The Morgan fingerprint density at radius 1 is 1.26 bits per heavy atom. The van der Waals surface area contributed by atoms with Crippen LogP contribution in [0.2, 0.25) is 0 Å². The molecule has 1 rings (SSSR count). The fraction of sp³-hybridized carbons (Fsp3) is 0.538. The third kappa shape index (κ3) is 5.56. The van der Waals surface area contributed by atoms with Crippen LogP contribution in [0.25, 0.3) is 0 Å². The van der Waals surface area contributed by atoms with Crippen LogP contribution >= 0.6 is 0 Å². The summed E-state index contributed by atoms with van der Waals surface area (Å²) in [5.74, 6) is 0.530. The molecule has 0 spiro atoms. The van der Waals surface area contributed by atoms with Gasteiger partial charge in [-0.2, -0.15) is 0 Å². The van der Waals surface area contributed by atoms with Crippen LogP contribution in [-0.4, -0.2) is 31.2 Å². The molecular formula is C13H21N3O3. The predicted molar refractivity (Wildman–Crippen MR) is 75.9 cm³/mol. The Bertz CT molecular complexity index is 410. The molecule has 0 radical (unpaired) electrons. The van der Waals surface area contributed by atoms with Crippen molar-refractivity contribution in [3.8, 4) is 5.75 Å². The molecule has 1 aromatic carbocycles. The highest BCUT2D eigenvalue weighted by molar-refractivity contribution is 5.56. The second kappa shape index (κ2) is 8.31. The van der Waals surface area contributed by atoms with Crippen molar-refractivity contribution in [1.82, 2.24) is 5.32 Å². The Hall–Kier alpha value is -1.82. The lowest BCUT2D eigenvalue weighted by atomic mass is 10.2. The van der Waals surface area contributed by atoms with Gasteiger partial charge in [-0.15, -0.1) is 0 Å². The summed E-state index contributed by atoms with van der Waals surface area (Å²) in [5, 5.41) is 17.2. The number of nitrogens with zero attached hydrogens (tertiary/aromatic N) is 1. The molecular weight excluding hydrogens is 246 g/mol. The molecule has 106 valence electrons. The molecule has 6 nitrogen and oxygen atoms in total. The summed E-state index contributed by atoms with van der Waals surface area (Å²) < 4.78 is 5.45. The number of likely N-dealkylation sites (N-methyl/N-ethyl adjacent to an activating group) is 1. The average Bonchev–Trinajstić information content (AvgIpc) is 2.41. The van der Waals surface area contributed by atoms with Gasteiger partial charge in [0.25, 0.3) is 5.69 Å². The molecule has 6 heteroatoms. The second-order valence-electron chi connectivity index (χ2n) is 4.10. The smallest absolute Gasteiger partial charge is 0.275 e. The van der Waals surface area contributed by atoms with E-state index in [0.717, 1.165) is 19.5 Å². The number of hydrogen-bond acceptors (Lipinski definition) is 5. The van der Waals surface area contributed by atoms with E-state index < -0.39 is 4.92 Å². The lowest BCUT2D eigenvalue weighted by Gasteiger charge is -2.10. The first kappa shape index (κ1) is 15.2. The summed E-state index contributed by atoms with van der Waals surface area (Å²) in [6.45, 7) is 7.00. The molecule has 0 aliphatic rings. The Balaban J connectivity index is 2.72. The Labute approximate surface area is 113 Å². The molecule has 0 aromatic heterocycles. The molecule has 0 saturated heterocycles. The Morgan fingerprint density at radius 3 is 2.68 bits per heavy atom. The van der Waals surface area contributed by atoms with Crippen molar-refractivity contribution in [3.05, 3.63) is 28.3 Å². The van der Waals surface area contributed by atoms with Gasteiger partial charge in [0.1, 0.15) is 5.75 Å². The van der Waals surface area contributed by atoms with Gasteiger partial charge in [0, 0.05) is 30.9 Å². The molecule has 0 unspecified atom stereocenters. The molecule has 0 bridgehead atoms. The van der Waals surface area contributed by atoms with Crippen LogP contribution in [0.5, 0.6) is 5.75 Å². The normalized spacial score (nSPS) is 10.2. The van der Waals surface area contributed by atoms with Crippen LogP contribution in [0.3, 0.4) is 0 Å². The maximum absolute atomic E-state index is 10.9. The highest BCUT2D eigenvalue weighted by Gasteiger charge is 2.10. The van der Waals surface area contributed by atoms with Gasteiger partial charge in [-0.05, 0) is 13.0 Å². The first-order valence-corrected chi connectivity index (χ1v) is 6.54. The zero-order valence-electron chi connectivity index (χ0n) is 11.4. The lowest BCUT2D eigenvalue weighted by Crippen LogP contribution is -2.21. The molecule has 0 aliphatic carbocycles. The van der Waals surface area contributed by atoms with Crippen molar-refractivity contribution in [3.63, 3.8) is 0 Å². The molecule has 0 amide bonds. The first-order valence-electron chi connectivity index (χ1n) is 6.54. The van der Waals surface area contributed by atoms with Crippen molar-refractivity contribution < 1.29 is 9.66 Å². The summed E-state index contributed by atoms with van der Waals surface area (Å²) >= 11 is 0. The number of nitrogens with one attached hydrogen (secondary N) is 2. The van der Waals surface area contributed by atoms with Crippen LogP contribution in [0.15, 0.2) is 18.2 Å². The van der Waals surface area contributed by atoms with Gasteiger partial charge in [-0.3, -0.25) is 10.1 Å². The van der Waals surface area contributed by atoms with Crippen molar-refractivity contribution in [2.45, 2.75) is 20.3 Å². The largest absolute Gasteiger partial charge is 0.493 e. The second-order valence-corrected chi connectivity index (χ2v) is 4.10. The molecule has 0 saturated carbocycles. The number of rotatable bonds is 9. The minimum Gasteiger partial charge on any atom is -0.493 e. The highest BCUT2D eigenvalue weighted by atomic mass is 16.6. The lowest BCUT2D eigenvalue weighted by molar-refractivity contribution is -0.384. The van der Waals surface area contributed by atoms with E-state index >= 15 is 0 Å². The first-order chi connectivity index (χ1) is 9.17. The van der Waals surface area contributed by atoms with Gasteiger partial charge >= 0.3 is 0 Å². The van der Waals surface area contributed by atoms with Gasteiger partial charge in [0.15, 0.2) is 0 Å². The number of nitro benzene ring substituents is 1. The Kier molecular flexibility index (Phi) is 6.67. The zero-order chi connectivity index (χ0) is 14.1. The van der Waals surface area contributed by atoms with Crippen molar-refractivity contribution >= 4 is 11.4 Å². The summed E-state index contributed by atoms with van der Waals surface area (Å²) in [4.78, 5) is 10.5. The summed E-state index contributed by atoms with van der Waals surface area (Å²) in [6.07, 6.45) is 0.867. The van der Waals surface area contributed by atoms with Crippen LogP contribution in [0.4, 0.5) is 11.4 Å². The quantitative estimate of drug-likeness (QED) is 0.408. The Morgan fingerprint density at radius 2 is 2.05 bits per heavy atom. The van der Waals surface area contributed by atoms with Crippen LogP contribution < -0.4 is 15.4 Å². The number of benzene rings is 1. The molecule has 19 heavy (non-hydrogen) atoms. The van der Waals surface area contributed by atoms with Crippen LogP contribution in [0.1, 0.15) is 20.3 Å². The maximum atomic E-state index is 10.9. The number of hydrogen-bond donors (Lipinski definition) is 2. The number of anilines is 1. The number of nitro groups is 1. The van der Waals surface area contributed by atoms with E-state index in [1.165, 1.54) is 12.1 Å². The fourth-order valence-electron chi connectivity index (χ4n) is 1.57. The minimum atomic E-state index is -0.408. The zero-order valence-corrected chi connectivity index (χ0v) is 11.4. The highest BCUT2D eigenvalue weighted by Crippen LogP contribution is 2.26. The SMILES string of the molecule is CCCOc1cc(NCCNCC)cc([N+](=O)[O-])c1. The third-order valence-electron chi connectivity index (χ3n) is 2.46. The summed E-state index contributed by atoms with van der Waals surface area (Å²) in [6, 6.07) is 4.75. The minimum absolute atomic E-state index is 0.0413. The third-order valence-corrected chi connectivity index (χ3v) is 2.46. The molecule has 0 fully saturated rings. The summed E-state index contributed by atoms with van der Waals surface area (Å²) in [7, 11) is 0.